The summed E-state index contributed by atoms with van der Waals surface area (Å²) >= 11 is 6.01. The topological polar surface area (TPSA) is 94.6 Å². The monoisotopic (exact) mass is 451 g/mol. The van der Waals surface area contributed by atoms with E-state index >= 15 is 0 Å². The van der Waals surface area contributed by atoms with Crippen LogP contribution in [0.1, 0.15) is 12.5 Å². The minimum absolute atomic E-state index is 0.0775. The minimum Gasteiger partial charge on any atom is -0.373 e. The van der Waals surface area contributed by atoms with Crippen molar-refractivity contribution < 1.29 is 13.2 Å². The molecule has 1 aliphatic rings. The van der Waals surface area contributed by atoms with Gasteiger partial charge in [0, 0.05) is 44.8 Å². The Morgan fingerprint density at radius 2 is 2.07 bits per heavy atom. The molecule has 0 spiro atoms. The highest BCUT2D eigenvalue weighted by Crippen LogP contribution is 2.23. The maximum atomic E-state index is 13.3. The van der Waals surface area contributed by atoms with Crippen LogP contribution >= 0.6 is 11.6 Å². The van der Waals surface area contributed by atoms with E-state index in [4.69, 9.17) is 11.6 Å². The normalized spacial score (nSPS) is 17.7. The van der Waals surface area contributed by atoms with Crippen molar-refractivity contribution in [1.29, 1.82) is 0 Å². The van der Waals surface area contributed by atoms with Crippen LogP contribution in [0.15, 0.2) is 47.5 Å². The van der Waals surface area contributed by atoms with Gasteiger partial charge in [-0.05, 0) is 36.2 Å². The first-order chi connectivity index (χ1) is 14.3. The Balaban J connectivity index is 1.78. The molecule has 1 atom stereocenters. The summed E-state index contributed by atoms with van der Waals surface area (Å²) in [6.07, 6.45) is 1.83. The number of pyridine rings is 1. The number of anilines is 1. The quantitative estimate of drug-likeness (QED) is 0.666. The molecule has 2 N–H and O–H groups in total. The number of halogens is 1. The number of hydrogen-bond donors (Lipinski definition) is 2. The lowest BCUT2D eigenvalue weighted by atomic mass is 10.2. The lowest BCUT2D eigenvalue weighted by molar-refractivity contribution is -0.131. The number of nitrogens with zero attached hydrogens (tertiary/aromatic N) is 3. The molecule has 2 heterocycles. The highest BCUT2D eigenvalue weighted by molar-refractivity contribution is 7.89. The van der Waals surface area contributed by atoms with E-state index in [9.17, 15) is 13.2 Å². The summed E-state index contributed by atoms with van der Waals surface area (Å²) in [6.45, 7) is 2.85. The molecule has 0 radical (unpaired) electrons. The highest BCUT2D eigenvalue weighted by Gasteiger charge is 2.36. The number of carbonyl (C=O) groups excluding carboxylic acids is 1. The first kappa shape index (κ1) is 22.5. The van der Waals surface area contributed by atoms with E-state index in [1.165, 1.54) is 23.4 Å². The van der Waals surface area contributed by atoms with Crippen molar-refractivity contribution in [2.24, 2.45) is 0 Å². The summed E-state index contributed by atoms with van der Waals surface area (Å²) in [4.78, 5) is 18.0. The largest absolute Gasteiger partial charge is 0.373 e. The van der Waals surface area contributed by atoms with Crippen molar-refractivity contribution in [3.05, 3.63) is 53.2 Å². The van der Waals surface area contributed by atoms with Crippen LogP contribution in [0.2, 0.25) is 5.02 Å². The number of hydrogen-bond acceptors (Lipinski definition) is 6. The molecule has 1 aromatic heterocycles. The zero-order valence-corrected chi connectivity index (χ0v) is 18.6. The number of sulfonamides is 1. The van der Waals surface area contributed by atoms with E-state index in [1.54, 1.807) is 23.2 Å². The number of amides is 1. The van der Waals surface area contributed by atoms with E-state index in [0.29, 0.717) is 24.5 Å². The number of rotatable bonds is 7. The van der Waals surface area contributed by atoms with Crippen molar-refractivity contribution in [3.8, 4) is 0 Å². The summed E-state index contributed by atoms with van der Waals surface area (Å²) in [7, 11) is -1.96. The number of piperazine rings is 1. The summed E-state index contributed by atoms with van der Waals surface area (Å²) in [5.41, 5.74) is 1.02. The van der Waals surface area contributed by atoms with Crippen LogP contribution in [-0.4, -0.2) is 67.9 Å². The van der Waals surface area contributed by atoms with E-state index in [1.807, 2.05) is 19.2 Å². The second-order valence-corrected chi connectivity index (χ2v) is 9.35. The Morgan fingerprint density at radius 1 is 1.27 bits per heavy atom. The number of nitrogens with one attached hydrogen (secondary N) is 2. The number of carbonyl (C=O) groups is 1. The van der Waals surface area contributed by atoms with Crippen molar-refractivity contribution in [2.45, 2.75) is 24.4 Å². The predicted molar refractivity (Wildman–Crippen MR) is 117 cm³/mol. The molecule has 2 aromatic rings. The molecule has 3 rings (SSSR count). The van der Waals surface area contributed by atoms with Crippen LogP contribution in [-0.2, 0) is 21.2 Å². The first-order valence-corrected chi connectivity index (χ1v) is 11.5. The molecule has 10 heteroatoms. The van der Waals surface area contributed by atoms with Crippen LogP contribution in [0.25, 0.3) is 0 Å². The fourth-order valence-electron chi connectivity index (χ4n) is 3.51. The van der Waals surface area contributed by atoms with Gasteiger partial charge in [0.25, 0.3) is 0 Å². The molecule has 8 nitrogen and oxygen atoms in total. The van der Waals surface area contributed by atoms with Crippen LogP contribution in [0.4, 0.5) is 5.82 Å². The summed E-state index contributed by atoms with van der Waals surface area (Å²) in [6, 6.07) is 10.1. The van der Waals surface area contributed by atoms with Crippen molar-refractivity contribution >= 4 is 33.3 Å². The average molecular weight is 452 g/mol. The van der Waals surface area contributed by atoms with Crippen LogP contribution in [0, 0.1) is 0 Å². The molecule has 1 aliphatic heterocycles. The van der Waals surface area contributed by atoms with Crippen molar-refractivity contribution in [3.63, 3.8) is 0 Å². The summed E-state index contributed by atoms with van der Waals surface area (Å²) in [5, 5.41) is 6.73. The van der Waals surface area contributed by atoms with Gasteiger partial charge in [0.15, 0.2) is 0 Å². The molecule has 0 saturated carbocycles. The smallest absolute Gasteiger partial charge is 0.244 e. The van der Waals surface area contributed by atoms with Gasteiger partial charge in [0.1, 0.15) is 5.82 Å². The molecule has 1 fully saturated rings. The lowest BCUT2D eigenvalue weighted by Gasteiger charge is -2.40. The zero-order chi connectivity index (χ0) is 21.7. The molecule has 1 aromatic carbocycles. The second kappa shape index (κ2) is 9.74. The summed E-state index contributed by atoms with van der Waals surface area (Å²) in [5.74, 6) is 0.711. The Kier molecular flexibility index (Phi) is 7.30. The summed E-state index contributed by atoms with van der Waals surface area (Å²) < 4.78 is 27.9. The second-order valence-electron chi connectivity index (χ2n) is 7.02. The van der Waals surface area contributed by atoms with Crippen LogP contribution in [0.3, 0.4) is 0 Å². The Morgan fingerprint density at radius 3 is 2.77 bits per heavy atom. The third-order valence-electron chi connectivity index (χ3n) is 5.08. The van der Waals surface area contributed by atoms with Gasteiger partial charge in [0.05, 0.1) is 17.6 Å². The molecule has 0 bridgehead atoms. The van der Waals surface area contributed by atoms with Gasteiger partial charge in [0.2, 0.25) is 15.9 Å². The molecule has 1 amide bonds. The molecular formula is C20H26ClN5O3S. The maximum absolute atomic E-state index is 13.3. The average Bonchev–Trinajstić information content (AvgIpc) is 2.74. The van der Waals surface area contributed by atoms with Crippen molar-refractivity contribution in [1.82, 2.24) is 19.5 Å². The standard InChI is InChI=1S/C20H26ClN5O3S/c1-15(27)25-11-12-26(30(28,29)18-7-3-6-17(21)13-18)19(14-25)23-10-8-16-5-4-9-24-20(16)22-2/h3-7,9,13,19,23H,8,10-12,14H2,1-2H3,(H,22,24)/t19-/m1/s1. The SMILES string of the molecule is CNc1ncccc1CCN[C@H]1CN(C(C)=O)CCN1S(=O)(=O)c1cccc(Cl)c1. The molecule has 0 unspecified atom stereocenters. The van der Waals surface area contributed by atoms with E-state index in [0.717, 1.165) is 11.4 Å². The number of benzene rings is 1. The molecule has 0 aliphatic carbocycles. The van der Waals surface area contributed by atoms with E-state index in [2.05, 4.69) is 15.6 Å². The van der Waals surface area contributed by atoms with E-state index in [-0.39, 0.29) is 23.9 Å². The van der Waals surface area contributed by atoms with Gasteiger partial charge in [-0.3, -0.25) is 10.1 Å². The van der Waals surface area contributed by atoms with Crippen LogP contribution < -0.4 is 10.6 Å². The van der Waals surface area contributed by atoms with Crippen molar-refractivity contribution in [2.75, 3.05) is 38.5 Å². The Hall–Kier alpha value is -2.20. The van der Waals surface area contributed by atoms with Gasteiger partial charge >= 0.3 is 0 Å². The van der Waals surface area contributed by atoms with Gasteiger partial charge in [-0.15, -0.1) is 0 Å². The molecule has 1 saturated heterocycles. The molecule has 162 valence electrons. The van der Waals surface area contributed by atoms with Gasteiger partial charge in [-0.2, -0.15) is 4.31 Å². The Bertz CT molecular complexity index is 1000. The van der Waals surface area contributed by atoms with Gasteiger partial charge in [-0.1, -0.05) is 23.7 Å². The fourth-order valence-corrected chi connectivity index (χ4v) is 5.36. The first-order valence-electron chi connectivity index (χ1n) is 9.71. The third kappa shape index (κ3) is 5.10. The lowest BCUT2D eigenvalue weighted by Crippen LogP contribution is -2.61. The number of aromatic nitrogens is 1. The minimum atomic E-state index is -3.77. The molecular weight excluding hydrogens is 426 g/mol. The zero-order valence-electron chi connectivity index (χ0n) is 17.0. The predicted octanol–water partition coefficient (Wildman–Crippen LogP) is 1.79. The van der Waals surface area contributed by atoms with Gasteiger partial charge in [-0.25, -0.2) is 13.4 Å². The van der Waals surface area contributed by atoms with Gasteiger partial charge < -0.3 is 10.2 Å². The van der Waals surface area contributed by atoms with Crippen LogP contribution in [0.5, 0.6) is 0 Å². The fraction of sp³-hybridized carbons (Fsp3) is 0.400. The maximum Gasteiger partial charge on any atom is 0.244 e. The highest BCUT2D eigenvalue weighted by atomic mass is 35.5. The third-order valence-corrected chi connectivity index (χ3v) is 7.22. The Labute approximate surface area is 182 Å². The molecule has 30 heavy (non-hydrogen) atoms. The van der Waals surface area contributed by atoms with E-state index < -0.39 is 16.2 Å².